The molecule has 0 fully saturated rings. The van der Waals surface area contributed by atoms with Gasteiger partial charge in [0, 0.05) is 11.4 Å². The summed E-state index contributed by atoms with van der Waals surface area (Å²) in [5.74, 6) is 0.426. The highest BCUT2D eigenvalue weighted by molar-refractivity contribution is 6.30. The molecule has 2 aromatic carbocycles. The van der Waals surface area contributed by atoms with E-state index in [2.05, 4.69) is 5.32 Å². The molecule has 0 bridgehead atoms. The average molecular weight is 406 g/mol. The number of ether oxygens (including phenoxy) is 3. The molecule has 2 rings (SSSR count). The number of benzene rings is 2. The molecule has 28 heavy (non-hydrogen) atoms. The third kappa shape index (κ3) is 6.46. The van der Waals surface area contributed by atoms with Crippen LogP contribution < -0.4 is 14.8 Å². The van der Waals surface area contributed by atoms with Gasteiger partial charge in [0.25, 0.3) is 5.91 Å². The van der Waals surface area contributed by atoms with E-state index in [0.29, 0.717) is 22.9 Å². The van der Waals surface area contributed by atoms with Crippen LogP contribution in [-0.4, -0.2) is 32.7 Å². The Kier molecular flexibility index (Phi) is 8.14. The Morgan fingerprint density at radius 1 is 1.04 bits per heavy atom. The number of methoxy groups -OCH3 is 2. The van der Waals surface area contributed by atoms with Crippen LogP contribution >= 0.6 is 11.6 Å². The molecule has 2 aromatic rings. The zero-order chi connectivity index (χ0) is 20.5. The molecular formula is C21H24ClNO5. The zero-order valence-electron chi connectivity index (χ0n) is 16.2. The van der Waals surface area contributed by atoms with Crippen LogP contribution in [0, 0.1) is 0 Å². The van der Waals surface area contributed by atoms with E-state index in [1.165, 1.54) is 0 Å². The molecule has 150 valence electrons. The Hall–Kier alpha value is -2.73. The van der Waals surface area contributed by atoms with Gasteiger partial charge in [-0.2, -0.15) is 0 Å². The van der Waals surface area contributed by atoms with Crippen molar-refractivity contribution in [3.63, 3.8) is 0 Å². The number of carbonyl (C=O) groups excluding carboxylic acids is 2. The summed E-state index contributed by atoms with van der Waals surface area (Å²) >= 11 is 5.85. The molecule has 7 heteroatoms. The lowest BCUT2D eigenvalue weighted by molar-refractivity contribution is -0.148. The number of amides is 1. The highest BCUT2D eigenvalue weighted by atomic mass is 35.5. The highest BCUT2D eigenvalue weighted by Gasteiger charge is 2.13. The fraction of sp³-hybridized carbons (Fsp3) is 0.333. The Morgan fingerprint density at radius 3 is 2.36 bits per heavy atom. The van der Waals surface area contributed by atoms with Gasteiger partial charge in [-0.25, -0.2) is 0 Å². The van der Waals surface area contributed by atoms with Crippen molar-refractivity contribution in [1.82, 2.24) is 5.32 Å². The lowest BCUT2D eigenvalue weighted by Crippen LogP contribution is -2.31. The third-order valence-electron chi connectivity index (χ3n) is 4.18. The van der Waals surface area contributed by atoms with Gasteiger partial charge in [-0.15, -0.1) is 0 Å². The second kappa shape index (κ2) is 10.6. The summed E-state index contributed by atoms with van der Waals surface area (Å²) in [7, 11) is 3.12. The molecule has 1 N–H and O–H groups in total. The number of rotatable bonds is 9. The number of esters is 1. The van der Waals surface area contributed by atoms with E-state index in [-0.39, 0.29) is 25.0 Å². The van der Waals surface area contributed by atoms with E-state index in [4.69, 9.17) is 25.8 Å². The largest absolute Gasteiger partial charge is 0.493 e. The predicted molar refractivity (Wildman–Crippen MR) is 107 cm³/mol. The Labute approximate surface area is 169 Å². The number of hydrogen-bond acceptors (Lipinski definition) is 5. The van der Waals surface area contributed by atoms with Gasteiger partial charge in [0.2, 0.25) is 0 Å². The molecule has 0 heterocycles. The minimum absolute atomic E-state index is 0.162. The molecule has 0 saturated heterocycles. The quantitative estimate of drug-likeness (QED) is 0.644. The maximum absolute atomic E-state index is 12.0. The molecule has 6 nitrogen and oxygen atoms in total. The van der Waals surface area contributed by atoms with Crippen molar-refractivity contribution in [2.75, 3.05) is 20.8 Å². The number of carbonyl (C=O) groups is 2. The molecule has 0 aliphatic rings. The summed E-state index contributed by atoms with van der Waals surface area (Å²) in [6, 6.07) is 12.4. The number of nitrogens with one attached hydrogen (secondary N) is 1. The SMILES string of the molecule is COc1ccc(CCC(=O)OCC(=O)N[C@@H](C)c2ccc(Cl)cc2)cc1OC. The van der Waals surface area contributed by atoms with E-state index in [9.17, 15) is 9.59 Å². The minimum atomic E-state index is -0.441. The fourth-order valence-electron chi connectivity index (χ4n) is 2.62. The molecule has 0 radical (unpaired) electrons. The smallest absolute Gasteiger partial charge is 0.306 e. The average Bonchev–Trinajstić information content (AvgIpc) is 2.70. The van der Waals surface area contributed by atoms with Crippen LogP contribution in [0.25, 0.3) is 0 Å². The summed E-state index contributed by atoms with van der Waals surface area (Å²) in [5, 5.41) is 3.41. The molecule has 0 aliphatic carbocycles. The zero-order valence-corrected chi connectivity index (χ0v) is 16.9. The van der Waals surface area contributed by atoms with Crippen LogP contribution in [-0.2, 0) is 20.7 Å². The Morgan fingerprint density at radius 2 is 1.71 bits per heavy atom. The number of hydrogen-bond donors (Lipinski definition) is 1. The normalized spacial score (nSPS) is 11.4. The van der Waals surface area contributed by atoms with Crippen LogP contribution in [0.3, 0.4) is 0 Å². The van der Waals surface area contributed by atoms with Crippen LogP contribution in [0.2, 0.25) is 5.02 Å². The van der Waals surface area contributed by atoms with Gasteiger partial charge in [-0.1, -0.05) is 29.8 Å². The predicted octanol–water partition coefficient (Wildman–Crippen LogP) is 3.71. The van der Waals surface area contributed by atoms with E-state index in [0.717, 1.165) is 11.1 Å². The van der Waals surface area contributed by atoms with Crippen LogP contribution in [0.4, 0.5) is 0 Å². The summed E-state index contributed by atoms with van der Waals surface area (Å²) in [5.41, 5.74) is 1.83. The second-order valence-electron chi connectivity index (χ2n) is 6.19. The molecule has 0 aromatic heterocycles. The van der Waals surface area contributed by atoms with Crippen molar-refractivity contribution in [2.45, 2.75) is 25.8 Å². The summed E-state index contributed by atoms with van der Waals surface area (Å²) in [6.07, 6.45) is 0.636. The fourth-order valence-corrected chi connectivity index (χ4v) is 2.74. The molecule has 0 spiro atoms. The van der Waals surface area contributed by atoms with E-state index in [1.807, 2.05) is 31.2 Å². The van der Waals surface area contributed by atoms with Crippen molar-refractivity contribution < 1.29 is 23.8 Å². The van der Waals surface area contributed by atoms with Gasteiger partial charge in [0.15, 0.2) is 18.1 Å². The summed E-state index contributed by atoms with van der Waals surface area (Å²) < 4.78 is 15.5. The topological polar surface area (TPSA) is 73.9 Å². The Bertz CT molecular complexity index is 807. The molecule has 1 atom stereocenters. The molecule has 1 amide bonds. The lowest BCUT2D eigenvalue weighted by Gasteiger charge is -2.14. The highest BCUT2D eigenvalue weighted by Crippen LogP contribution is 2.28. The van der Waals surface area contributed by atoms with Crippen LogP contribution in [0.15, 0.2) is 42.5 Å². The first kappa shape index (κ1) is 21.6. The summed E-state index contributed by atoms with van der Waals surface area (Å²) in [6.45, 7) is 1.53. The molecule has 0 saturated carbocycles. The first-order valence-corrected chi connectivity index (χ1v) is 9.22. The van der Waals surface area contributed by atoms with Gasteiger partial charge in [0.1, 0.15) is 0 Å². The van der Waals surface area contributed by atoms with Gasteiger partial charge < -0.3 is 19.5 Å². The van der Waals surface area contributed by atoms with Crippen molar-refractivity contribution >= 4 is 23.5 Å². The van der Waals surface area contributed by atoms with Gasteiger partial charge in [0.05, 0.1) is 20.3 Å². The monoisotopic (exact) mass is 405 g/mol. The van der Waals surface area contributed by atoms with E-state index in [1.54, 1.807) is 32.4 Å². The Balaban J connectivity index is 1.76. The van der Waals surface area contributed by atoms with Crippen molar-refractivity contribution in [2.24, 2.45) is 0 Å². The van der Waals surface area contributed by atoms with Crippen molar-refractivity contribution in [3.05, 3.63) is 58.6 Å². The molecule has 0 aliphatic heterocycles. The minimum Gasteiger partial charge on any atom is -0.493 e. The van der Waals surface area contributed by atoms with E-state index >= 15 is 0 Å². The molecule has 0 unspecified atom stereocenters. The van der Waals surface area contributed by atoms with Crippen LogP contribution in [0.1, 0.15) is 30.5 Å². The standard InChI is InChI=1S/C21H24ClNO5/c1-14(16-6-8-17(22)9-7-16)23-20(24)13-28-21(25)11-5-15-4-10-18(26-2)19(12-15)27-3/h4,6-10,12,14H,5,11,13H2,1-3H3,(H,23,24)/t14-/m0/s1. The van der Waals surface area contributed by atoms with Crippen molar-refractivity contribution in [1.29, 1.82) is 0 Å². The first-order valence-electron chi connectivity index (χ1n) is 8.84. The summed E-state index contributed by atoms with van der Waals surface area (Å²) in [4.78, 5) is 23.9. The van der Waals surface area contributed by atoms with Crippen molar-refractivity contribution in [3.8, 4) is 11.5 Å². The van der Waals surface area contributed by atoms with Gasteiger partial charge in [-0.05, 0) is 48.7 Å². The van der Waals surface area contributed by atoms with E-state index < -0.39 is 5.97 Å². The maximum atomic E-state index is 12.0. The van der Waals surface area contributed by atoms with Crippen LogP contribution in [0.5, 0.6) is 11.5 Å². The second-order valence-corrected chi connectivity index (χ2v) is 6.63. The number of aryl methyl sites for hydroxylation is 1. The van der Waals surface area contributed by atoms with Gasteiger partial charge in [-0.3, -0.25) is 9.59 Å². The maximum Gasteiger partial charge on any atom is 0.306 e. The first-order chi connectivity index (χ1) is 13.4. The molecular weight excluding hydrogens is 382 g/mol. The third-order valence-corrected chi connectivity index (χ3v) is 4.43. The van der Waals surface area contributed by atoms with Gasteiger partial charge >= 0.3 is 5.97 Å². The number of halogens is 1. The lowest BCUT2D eigenvalue weighted by atomic mass is 10.1.